The number of nitrogens with zero attached hydrogens (tertiary/aromatic N) is 2. The maximum atomic E-state index is 6.51. The second kappa shape index (κ2) is 9.22. The van der Waals surface area contributed by atoms with Crippen LogP contribution in [0.3, 0.4) is 0 Å². The molecule has 4 rings (SSSR count). The fraction of sp³-hybridized carbons (Fsp3) is 0.208. The largest absolute Gasteiger partial charge is 0.497 e. The molecule has 1 aromatic heterocycles. The summed E-state index contributed by atoms with van der Waals surface area (Å²) in [5, 5.41) is 0. The fourth-order valence-electron chi connectivity index (χ4n) is 3.48. The van der Waals surface area contributed by atoms with Gasteiger partial charge in [-0.3, -0.25) is 5.73 Å². The number of fused-ring (bicyclic) bond motifs is 1. The Kier molecular flexibility index (Phi) is 6.03. The van der Waals surface area contributed by atoms with E-state index in [-0.39, 0.29) is 0 Å². The van der Waals surface area contributed by atoms with E-state index < -0.39 is 0 Å². The van der Waals surface area contributed by atoms with Gasteiger partial charge in [-0.2, -0.15) is 0 Å². The molecular weight excluding hydrogens is 378 g/mol. The number of ether oxygens (including phenoxy) is 3. The van der Waals surface area contributed by atoms with Gasteiger partial charge in [-0.05, 0) is 48.5 Å². The molecule has 0 saturated heterocycles. The highest BCUT2D eigenvalue weighted by Crippen LogP contribution is 2.19. The zero-order chi connectivity index (χ0) is 20.8. The van der Waals surface area contributed by atoms with E-state index in [1.54, 1.807) is 7.11 Å². The van der Waals surface area contributed by atoms with Crippen LogP contribution in [0.15, 0.2) is 78.9 Å². The molecule has 0 spiro atoms. The van der Waals surface area contributed by atoms with E-state index in [4.69, 9.17) is 19.9 Å². The van der Waals surface area contributed by atoms with Crippen molar-refractivity contribution in [2.75, 3.05) is 26.1 Å². The van der Waals surface area contributed by atoms with Crippen molar-refractivity contribution in [1.29, 1.82) is 0 Å². The van der Waals surface area contributed by atoms with Gasteiger partial charge < -0.3 is 14.2 Å². The summed E-state index contributed by atoms with van der Waals surface area (Å²) in [6, 6.07) is 25.6. The van der Waals surface area contributed by atoms with Gasteiger partial charge in [-0.1, -0.05) is 30.3 Å². The van der Waals surface area contributed by atoms with Crippen LogP contribution in [-0.2, 0) is 13.1 Å². The quantitative estimate of drug-likeness (QED) is 0.432. The van der Waals surface area contributed by atoms with E-state index in [2.05, 4.69) is 21.3 Å². The number of hydrogen-bond acceptors (Lipinski definition) is 4. The van der Waals surface area contributed by atoms with Gasteiger partial charge in [-0.25, -0.2) is 9.13 Å². The number of nitrogen functional groups attached to an aromatic ring is 1. The summed E-state index contributed by atoms with van der Waals surface area (Å²) < 4.78 is 21.1. The SMILES string of the molecule is COc1ccc(OCCn2c(N)[n+](CCOc3ccccc3)c3ccccc32)cc1. The summed E-state index contributed by atoms with van der Waals surface area (Å²) in [7, 11) is 1.65. The standard InChI is InChI=1S/C24H25N3O3/c1-28-19-11-13-21(14-12-19)30-18-16-27-23-10-6-5-9-22(23)26(24(27)25)15-17-29-20-7-3-2-4-8-20/h2-14,25H,15-18H2,1H3/p+1. The first-order valence-electron chi connectivity index (χ1n) is 9.97. The van der Waals surface area contributed by atoms with Crippen LogP contribution in [0, 0.1) is 0 Å². The zero-order valence-electron chi connectivity index (χ0n) is 17.0. The highest BCUT2D eigenvalue weighted by Gasteiger charge is 2.20. The molecule has 0 radical (unpaired) electrons. The van der Waals surface area contributed by atoms with Crippen LogP contribution in [0.25, 0.3) is 11.0 Å². The van der Waals surface area contributed by atoms with E-state index in [1.807, 2.05) is 66.7 Å². The third kappa shape index (κ3) is 4.33. The zero-order valence-corrected chi connectivity index (χ0v) is 17.0. The molecule has 6 heteroatoms. The number of aromatic nitrogens is 2. The van der Waals surface area contributed by atoms with Crippen LogP contribution >= 0.6 is 0 Å². The number of anilines is 1. The minimum atomic E-state index is 0.510. The van der Waals surface area contributed by atoms with Crippen molar-refractivity contribution in [2.45, 2.75) is 13.1 Å². The average molecular weight is 404 g/mol. The molecule has 0 fully saturated rings. The van der Waals surface area contributed by atoms with Gasteiger partial charge >= 0.3 is 5.95 Å². The van der Waals surface area contributed by atoms with Crippen LogP contribution in [0.4, 0.5) is 5.95 Å². The minimum absolute atomic E-state index is 0.510. The first-order valence-corrected chi connectivity index (χ1v) is 9.97. The number of benzene rings is 3. The van der Waals surface area contributed by atoms with Crippen LogP contribution in [0.2, 0.25) is 0 Å². The van der Waals surface area contributed by atoms with Gasteiger partial charge in [0, 0.05) is 0 Å². The number of methoxy groups -OCH3 is 1. The molecule has 2 N–H and O–H groups in total. The van der Waals surface area contributed by atoms with Gasteiger partial charge in [0.15, 0.2) is 0 Å². The third-order valence-corrected chi connectivity index (χ3v) is 4.99. The molecule has 0 aliphatic rings. The van der Waals surface area contributed by atoms with Crippen LogP contribution in [0.1, 0.15) is 0 Å². The maximum absolute atomic E-state index is 6.51. The molecule has 0 saturated carbocycles. The molecule has 30 heavy (non-hydrogen) atoms. The molecule has 1 heterocycles. The Morgan fingerprint density at radius 3 is 2.17 bits per heavy atom. The lowest BCUT2D eigenvalue weighted by Gasteiger charge is -2.07. The van der Waals surface area contributed by atoms with E-state index in [0.717, 1.165) is 28.3 Å². The Bertz CT molecular complexity index is 1090. The molecule has 0 amide bonds. The van der Waals surface area contributed by atoms with Crippen molar-refractivity contribution in [3.8, 4) is 17.2 Å². The smallest absolute Gasteiger partial charge is 0.356 e. The van der Waals surface area contributed by atoms with Crippen LogP contribution in [0.5, 0.6) is 17.2 Å². The topological polar surface area (TPSA) is 62.5 Å². The number of nitrogens with two attached hydrogens (primary N) is 1. The summed E-state index contributed by atoms with van der Waals surface area (Å²) in [6.45, 7) is 2.35. The second-order valence-corrected chi connectivity index (χ2v) is 6.84. The van der Waals surface area contributed by atoms with Gasteiger partial charge in [-0.15, -0.1) is 0 Å². The molecule has 6 nitrogen and oxygen atoms in total. The highest BCUT2D eigenvalue weighted by molar-refractivity contribution is 5.73. The van der Waals surface area contributed by atoms with Crippen LogP contribution in [-0.4, -0.2) is 24.9 Å². The maximum Gasteiger partial charge on any atom is 0.356 e. The van der Waals surface area contributed by atoms with Crippen molar-refractivity contribution >= 4 is 17.0 Å². The lowest BCUT2D eigenvalue weighted by molar-refractivity contribution is -0.658. The highest BCUT2D eigenvalue weighted by atomic mass is 16.5. The Morgan fingerprint density at radius 2 is 1.40 bits per heavy atom. The molecule has 0 aliphatic heterocycles. The lowest BCUT2D eigenvalue weighted by Crippen LogP contribution is -2.39. The summed E-state index contributed by atoms with van der Waals surface area (Å²) in [6.07, 6.45) is 0. The number of hydrogen-bond donors (Lipinski definition) is 1. The summed E-state index contributed by atoms with van der Waals surface area (Å²) >= 11 is 0. The molecule has 0 atom stereocenters. The third-order valence-electron chi connectivity index (χ3n) is 4.99. The van der Waals surface area contributed by atoms with Crippen molar-refractivity contribution in [2.24, 2.45) is 0 Å². The van der Waals surface area contributed by atoms with E-state index >= 15 is 0 Å². The van der Waals surface area contributed by atoms with Crippen molar-refractivity contribution in [1.82, 2.24) is 4.57 Å². The number of rotatable bonds is 9. The number of para-hydroxylation sites is 3. The average Bonchev–Trinajstić information content (AvgIpc) is 3.06. The molecule has 3 aromatic carbocycles. The Morgan fingerprint density at radius 1 is 0.767 bits per heavy atom. The number of imidazole rings is 1. The lowest BCUT2D eigenvalue weighted by atomic mass is 10.3. The molecule has 0 bridgehead atoms. The van der Waals surface area contributed by atoms with E-state index in [1.165, 1.54) is 0 Å². The molecule has 154 valence electrons. The fourth-order valence-corrected chi connectivity index (χ4v) is 3.48. The van der Waals surface area contributed by atoms with Gasteiger partial charge in [0.2, 0.25) is 0 Å². The molecule has 0 unspecified atom stereocenters. The Hall–Kier alpha value is -3.67. The monoisotopic (exact) mass is 404 g/mol. The predicted octanol–water partition coefficient (Wildman–Crippen LogP) is 3.68. The Labute approximate surface area is 176 Å². The van der Waals surface area contributed by atoms with Crippen molar-refractivity contribution in [3.05, 3.63) is 78.9 Å². The summed E-state index contributed by atoms with van der Waals surface area (Å²) in [5.41, 5.74) is 8.67. The normalized spacial score (nSPS) is 10.8. The minimum Gasteiger partial charge on any atom is -0.497 e. The Balaban J connectivity index is 1.45. The van der Waals surface area contributed by atoms with Crippen molar-refractivity contribution < 1.29 is 18.8 Å². The first kappa shape index (κ1) is 19.6. The van der Waals surface area contributed by atoms with Crippen LogP contribution < -0.4 is 24.5 Å². The second-order valence-electron chi connectivity index (χ2n) is 6.84. The van der Waals surface area contributed by atoms with Gasteiger partial charge in [0.05, 0.1) is 7.11 Å². The first-order chi connectivity index (χ1) is 14.8. The summed E-state index contributed by atoms with van der Waals surface area (Å²) in [4.78, 5) is 0. The predicted molar refractivity (Wildman–Crippen MR) is 117 cm³/mol. The van der Waals surface area contributed by atoms with E-state index in [0.29, 0.717) is 32.3 Å². The molecule has 4 aromatic rings. The van der Waals surface area contributed by atoms with Gasteiger partial charge in [0.25, 0.3) is 0 Å². The molecule has 0 aliphatic carbocycles. The summed E-state index contributed by atoms with van der Waals surface area (Å²) in [5.74, 6) is 3.15. The van der Waals surface area contributed by atoms with Gasteiger partial charge in [0.1, 0.15) is 54.6 Å². The van der Waals surface area contributed by atoms with Crippen molar-refractivity contribution in [3.63, 3.8) is 0 Å². The molecular formula is C24H26N3O3+. The van der Waals surface area contributed by atoms with E-state index in [9.17, 15) is 0 Å².